The predicted molar refractivity (Wildman–Crippen MR) is 110 cm³/mol. The number of carbonyl (C=O) groups excluding carboxylic acids is 1. The van der Waals surface area contributed by atoms with Crippen LogP contribution in [0.25, 0.3) is 10.2 Å². The normalized spacial score (nSPS) is 10.9. The molecule has 0 spiro atoms. The molecule has 2 aromatic heterocycles. The SMILES string of the molecule is O=C(NCCc1ccccc1)c1ccc(Cn2nnc3ccsc3c2=O)cc1. The molecule has 1 N–H and O–H groups in total. The van der Waals surface area contributed by atoms with Crippen LogP contribution < -0.4 is 10.9 Å². The van der Waals surface area contributed by atoms with Crippen molar-refractivity contribution in [3.05, 3.63) is 93.1 Å². The Kier molecular flexibility index (Phi) is 5.25. The molecule has 0 aliphatic carbocycles. The van der Waals surface area contributed by atoms with Crippen molar-refractivity contribution in [1.82, 2.24) is 20.3 Å². The topological polar surface area (TPSA) is 76.9 Å². The number of nitrogens with one attached hydrogen (secondary N) is 1. The zero-order valence-corrected chi connectivity index (χ0v) is 15.9. The molecule has 2 aromatic carbocycles. The van der Waals surface area contributed by atoms with Gasteiger partial charge in [0.25, 0.3) is 11.5 Å². The number of nitrogens with zero attached hydrogens (tertiary/aromatic N) is 3. The summed E-state index contributed by atoms with van der Waals surface area (Å²) in [5.41, 5.74) is 3.13. The van der Waals surface area contributed by atoms with Crippen molar-refractivity contribution in [2.75, 3.05) is 6.54 Å². The number of aromatic nitrogens is 3. The third-order valence-electron chi connectivity index (χ3n) is 4.42. The van der Waals surface area contributed by atoms with Gasteiger partial charge in [0.05, 0.1) is 6.54 Å². The maximum Gasteiger partial charge on any atom is 0.288 e. The zero-order chi connectivity index (χ0) is 19.3. The van der Waals surface area contributed by atoms with Crippen molar-refractivity contribution in [2.24, 2.45) is 0 Å². The van der Waals surface area contributed by atoms with Gasteiger partial charge in [-0.25, -0.2) is 4.68 Å². The molecule has 0 saturated heterocycles. The molecule has 0 saturated carbocycles. The van der Waals surface area contributed by atoms with Crippen LogP contribution in [-0.2, 0) is 13.0 Å². The molecule has 6 nitrogen and oxygen atoms in total. The minimum Gasteiger partial charge on any atom is -0.352 e. The summed E-state index contributed by atoms with van der Waals surface area (Å²) >= 11 is 1.36. The van der Waals surface area contributed by atoms with Gasteiger partial charge in [0.15, 0.2) is 0 Å². The number of fused-ring (bicyclic) bond motifs is 1. The van der Waals surface area contributed by atoms with Gasteiger partial charge in [-0.05, 0) is 41.1 Å². The third-order valence-corrected chi connectivity index (χ3v) is 5.32. The quantitative estimate of drug-likeness (QED) is 0.549. The number of rotatable bonds is 6. The van der Waals surface area contributed by atoms with Crippen molar-refractivity contribution in [3.8, 4) is 0 Å². The first kappa shape index (κ1) is 18.1. The summed E-state index contributed by atoms with van der Waals surface area (Å²) in [6.07, 6.45) is 0.789. The average molecular weight is 390 g/mol. The second-order valence-electron chi connectivity index (χ2n) is 6.38. The summed E-state index contributed by atoms with van der Waals surface area (Å²) < 4.78 is 1.94. The maximum absolute atomic E-state index is 12.4. The molecular formula is C21H18N4O2S. The van der Waals surface area contributed by atoms with Crippen molar-refractivity contribution in [2.45, 2.75) is 13.0 Å². The van der Waals surface area contributed by atoms with E-state index >= 15 is 0 Å². The van der Waals surface area contributed by atoms with Gasteiger partial charge in [0.2, 0.25) is 0 Å². The van der Waals surface area contributed by atoms with Crippen LogP contribution in [0.15, 0.2) is 70.8 Å². The van der Waals surface area contributed by atoms with E-state index in [2.05, 4.69) is 15.6 Å². The van der Waals surface area contributed by atoms with Gasteiger partial charge < -0.3 is 5.32 Å². The summed E-state index contributed by atoms with van der Waals surface area (Å²) in [6, 6.07) is 19.0. The van der Waals surface area contributed by atoms with Crippen LogP contribution in [0.1, 0.15) is 21.5 Å². The number of hydrogen-bond acceptors (Lipinski definition) is 5. The van der Waals surface area contributed by atoms with Crippen molar-refractivity contribution < 1.29 is 4.79 Å². The summed E-state index contributed by atoms with van der Waals surface area (Å²) in [6.45, 7) is 0.895. The van der Waals surface area contributed by atoms with Gasteiger partial charge in [-0.1, -0.05) is 47.7 Å². The number of carbonyl (C=O) groups is 1. The molecule has 1 amide bonds. The number of thiophene rings is 1. The van der Waals surface area contributed by atoms with Gasteiger partial charge in [-0.3, -0.25) is 9.59 Å². The summed E-state index contributed by atoms with van der Waals surface area (Å²) in [5.74, 6) is -0.112. The smallest absolute Gasteiger partial charge is 0.288 e. The molecule has 0 radical (unpaired) electrons. The second-order valence-corrected chi connectivity index (χ2v) is 7.29. The summed E-state index contributed by atoms with van der Waals surface area (Å²) in [7, 11) is 0. The van der Waals surface area contributed by atoms with Crippen LogP contribution in [0.4, 0.5) is 0 Å². The standard InChI is InChI=1S/C21H18N4O2S/c26-20(22-12-10-15-4-2-1-3-5-15)17-8-6-16(7-9-17)14-25-21(27)19-18(23-24-25)11-13-28-19/h1-9,11,13H,10,12,14H2,(H,22,26). The van der Waals surface area contributed by atoms with Gasteiger partial charge in [0, 0.05) is 12.1 Å². The molecule has 0 bridgehead atoms. The molecule has 4 rings (SSSR count). The molecule has 7 heteroatoms. The maximum atomic E-state index is 12.4. The molecule has 0 atom stereocenters. The van der Waals surface area contributed by atoms with E-state index in [1.807, 2.05) is 47.8 Å². The number of amides is 1. The van der Waals surface area contributed by atoms with Gasteiger partial charge in [-0.15, -0.1) is 16.4 Å². The van der Waals surface area contributed by atoms with Crippen molar-refractivity contribution in [1.29, 1.82) is 0 Å². The number of hydrogen-bond donors (Lipinski definition) is 1. The highest BCUT2D eigenvalue weighted by atomic mass is 32.1. The molecule has 0 fully saturated rings. The molecular weight excluding hydrogens is 372 g/mol. The van der Waals surface area contributed by atoms with Crippen LogP contribution in [0.2, 0.25) is 0 Å². The highest BCUT2D eigenvalue weighted by Gasteiger charge is 2.09. The zero-order valence-electron chi connectivity index (χ0n) is 15.0. The molecule has 4 aromatic rings. The first-order valence-electron chi connectivity index (χ1n) is 8.93. The van der Waals surface area contributed by atoms with Crippen LogP contribution in [-0.4, -0.2) is 27.4 Å². The van der Waals surface area contributed by atoms with Crippen molar-refractivity contribution in [3.63, 3.8) is 0 Å². The lowest BCUT2D eigenvalue weighted by Gasteiger charge is -2.07. The Hall–Kier alpha value is -3.32. The minimum atomic E-state index is -0.150. The van der Waals surface area contributed by atoms with E-state index in [1.165, 1.54) is 21.6 Å². The van der Waals surface area contributed by atoms with Crippen LogP contribution in [0.3, 0.4) is 0 Å². The van der Waals surface area contributed by atoms with Gasteiger partial charge in [-0.2, -0.15) is 0 Å². The Morgan fingerprint density at radius 1 is 1.00 bits per heavy atom. The van der Waals surface area contributed by atoms with E-state index in [-0.39, 0.29) is 11.5 Å². The molecule has 0 aliphatic heterocycles. The van der Waals surface area contributed by atoms with Crippen LogP contribution >= 0.6 is 11.3 Å². The molecule has 0 aliphatic rings. The first-order chi connectivity index (χ1) is 13.7. The Balaban J connectivity index is 1.38. The van der Waals surface area contributed by atoms with E-state index in [0.29, 0.717) is 28.9 Å². The summed E-state index contributed by atoms with van der Waals surface area (Å²) in [5, 5.41) is 12.8. The molecule has 140 valence electrons. The molecule has 0 unspecified atom stereocenters. The Bertz CT molecular complexity index is 1150. The first-order valence-corrected chi connectivity index (χ1v) is 9.81. The minimum absolute atomic E-state index is 0.112. The third kappa shape index (κ3) is 3.99. The van der Waals surface area contributed by atoms with E-state index in [9.17, 15) is 9.59 Å². The fraction of sp³-hybridized carbons (Fsp3) is 0.143. The second kappa shape index (κ2) is 8.14. The lowest BCUT2D eigenvalue weighted by atomic mass is 10.1. The van der Waals surface area contributed by atoms with Gasteiger partial charge >= 0.3 is 0 Å². The largest absolute Gasteiger partial charge is 0.352 e. The van der Waals surface area contributed by atoms with E-state index < -0.39 is 0 Å². The highest BCUT2D eigenvalue weighted by Crippen LogP contribution is 2.13. The Morgan fingerprint density at radius 3 is 2.57 bits per heavy atom. The number of benzene rings is 2. The van der Waals surface area contributed by atoms with Crippen LogP contribution in [0.5, 0.6) is 0 Å². The van der Waals surface area contributed by atoms with Crippen LogP contribution in [0, 0.1) is 0 Å². The molecule has 28 heavy (non-hydrogen) atoms. The van der Waals surface area contributed by atoms with Crippen molar-refractivity contribution >= 4 is 27.5 Å². The fourth-order valence-electron chi connectivity index (χ4n) is 2.91. The monoisotopic (exact) mass is 390 g/mol. The Labute approximate surface area is 165 Å². The lowest BCUT2D eigenvalue weighted by Crippen LogP contribution is -2.26. The molecule has 2 heterocycles. The predicted octanol–water partition coefficient (Wildman–Crippen LogP) is 2.87. The Morgan fingerprint density at radius 2 is 1.79 bits per heavy atom. The van der Waals surface area contributed by atoms with E-state index in [1.54, 1.807) is 18.2 Å². The van der Waals surface area contributed by atoms with Gasteiger partial charge in [0.1, 0.15) is 10.2 Å². The average Bonchev–Trinajstić information content (AvgIpc) is 3.21. The summed E-state index contributed by atoms with van der Waals surface area (Å²) in [4.78, 5) is 24.7. The van der Waals surface area contributed by atoms with E-state index in [0.717, 1.165) is 12.0 Å². The lowest BCUT2D eigenvalue weighted by molar-refractivity contribution is 0.0954. The van der Waals surface area contributed by atoms with E-state index in [4.69, 9.17) is 0 Å². The fourth-order valence-corrected chi connectivity index (χ4v) is 3.68. The highest BCUT2D eigenvalue weighted by molar-refractivity contribution is 7.17.